The number of piperidine rings is 1. The van der Waals surface area contributed by atoms with Gasteiger partial charge in [-0.15, -0.1) is 0 Å². The van der Waals surface area contributed by atoms with Gasteiger partial charge in [-0.05, 0) is 46.5 Å². The molecule has 1 heterocycles. The average molecular weight is 277 g/mol. The highest BCUT2D eigenvalue weighted by molar-refractivity contribution is 7.89. The monoisotopic (exact) mass is 277 g/mol. The first-order valence-corrected chi connectivity index (χ1v) is 7.82. The Morgan fingerprint density at radius 2 is 1.94 bits per heavy atom. The first-order chi connectivity index (χ1) is 8.10. The van der Waals surface area contributed by atoms with Gasteiger partial charge in [-0.3, -0.25) is 4.79 Å². The van der Waals surface area contributed by atoms with Gasteiger partial charge in [-0.1, -0.05) is 0 Å². The topological polar surface area (TPSA) is 74.7 Å². The molecule has 0 aliphatic carbocycles. The van der Waals surface area contributed by atoms with Crippen molar-refractivity contribution in [1.82, 2.24) is 4.31 Å². The molecule has 0 radical (unpaired) electrons. The Bertz CT molecular complexity index is 414. The average Bonchev–Trinajstić information content (AvgIpc) is 2.28. The number of carboxylic acid groups (broad SMARTS) is 1. The zero-order valence-corrected chi connectivity index (χ0v) is 12.3. The summed E-state index contributed by atoms with van der Waals surface area (Å²) in [5, 5.41) is 8.77. The lowest BCUT2D eigenvalue weighted by Crippen LogP contribution is -2.48. The van der Waals surface area contributed by atoms with E-state index >= 15 is 0 Å². The van der Waals surface area contributed by atoms with E-state index in [0.29, 0.717) is 13.1 Å². The quantitative estimate of drug-likeness (QED) is 0.846. The standard InChI is InChI=1S/C12H23NO4S/c1-9(2)18(16,17)13-7-5-6-10(8-13)12(3,4)11(14)15/h9-10H,5-8H2,1-4H3,(H,14,15). The lowest BCUT2D eigenvalue weighted by molar-refractivity contribution is -0.151. The molecule has 1 aliphatic heterocycles. The van der Waals surface area contributed by atoms with E-state index in [-0.39, 0.29) is 5.92 Å². The third-order valence-electron chi connectivity index (χ3n) is 3.91. The summed E-state index contributed by atoms with van der Waals surface area (Å²) >= 11 is 0. The van der Waals surface area contributed by atoms with Gasteiger partial charge >= 0.3 is 5.97 Å². The zero-order chi connectivity index (χ0) is 14.1. The van der Waals surface area contributed by atoms with Crippen molar-refractivity contribution in [3.63, 3.8) is 0 Å². The molecule has 5 nitrogen and oxygen atoms in total. The van der Waals surface area contributed by atoms with E-state index < -0.39 is 26.7 Å². The van der Waals surface area contributed by atoms with Gasteiger partial charge in [0.05, 0.1) is 10.7 Å². The van der Waals surface area contributed by atoms with E-state index in [4.69, 9.17) is 0 Å². The van der Waals surface area contributed by atoms with Gasteiger partial charge in [0.15, 0.2) is 0 Å². The van der Waals surface area contributed by atoms with Crippen LogP contribution in [0.25, 0.3) is 0 Å². The normalized spacial score (nSPS) is 23.3. The first kappa shape index (κ1) is 15.4. The van der Waals surface area contributed by atoms with E-state index in [0.717, 1.165) is 12.8 Å². The Kier molecular flexibility index (Phi) is 4.43. The van der Waals surface area contributed by atoms with Gasteiger partial charge in [0.25, 0.3) is 0 Å². The van der Waals surface area contributed by atoms with Crippen LogP contribution >= 0.6 is 0 Å². The van der Waals surface area contributed by atoms with E-state index in [1.54, 1.807) is 27.7 Å². The molecule has 1 saturated heterocycles. The summed E-state index contributed by atoms with van der Waals surface area (Å²) in [6.07, 6.45) is 1.50. The van der Waals surface area contributed by atoms with Crippen LogP contribution < -0.4 is 0 Å². The van der Waals surface area contributed by atoms with Crippen molar-refractivity contribution in [2.24, 2.45) is 11.3 Å². The summed E-state index contributed by atoms with van der Waals surface area (Å²) in [7, 11) is -3.28. The predicted molar refractivity (Wildman–Crippen MR) is 69.8 cm³/mol. The Morgan fingerprint density at radius 1 is 1.39 bits per heavy atom. The number of carboxylic acids is 1. The van der Waals surface area contributed by atoms with Gasteiger partial charge in [0, 0.05) is 13.1 Å². The highest BCUT2D eigenvalue weighted by Gasteiger charge is 2.41. The largest absolute Gasteiger partial charge is 0.481 e. The maximum absolute atomic E-state index is 12.1. The molecular formula is C12H23NO4S. The van der Waals surface area contributed by atoms with Crippen LogP contribution in [0.3, 0.4) is 0 Å². The van der Waals surface area contributed by atoms with Crippen LogP contribution in [0.5, 0.6) is 0 Å². The van der Waals surface area contributed by atoms with E-state index in [9.17, 15) is 18.3 Å². The molecule has 0 saturated carbocycles. The lowest BCUT2D eigenvalue weighted by atomic mass is 9.75. The lowest BCUT2D eigenvalue weighted by Gasteiger charge is -2.39. The third-order valence-corrected chi connectivity index (χ3v) is 6.15. The van der Waals surface area contributed by atoms with Crippen molar-refractivity contribution in [3.8, 4) is 0 Å². The minimum atomic E-state index is -3.28. The molecule has 1 fully saturated rings. The number of aliphatic carboxylic acids is 1. The molecule has 0 spiro atoms. The van der Waals surface area contributed by atoms with Gasteiger partial charge < -0.3 is 5.11 Å². The van der Waals surface area contributed by atoms with Crippen molar-refractivity contribution < 1.29 is 18.3 Å². The van der Waals surface area contributed by atoms with E-state index in [2.05, 4.69) is 0 Å². The van der Waals surface area contributed by atoms with E-state index in [1.807, 2.05) is 0 Å². The fourth-order valence-electron chi connectivity index (χ4n) is 2.24. The summed E-state index contributed by atoms with van der Waals surface area (Å²) in [5.41, 5.74) is -0.884. The summed E-state index contributed by atoms with van der Waals surface area (Å²) in [5.74, 6) is -0.992. The molecule has 18 heavy (non-hydrogen) atoms. The molecule has 1 atom stereocenters. The number of hydrogen-bond acceptors (Lipinski definition) is 3. The fraction of sp³-hybridized carbons (Fsp3) is 0.917. The van der Waals surface area contributed by atoms with Crippen LogP contribution in [0, 0.1) is 11.3 Å². The van der Waals surface area contributed by atoms with Crippen molar-refractivity contribution in [3.05, 3.63) is 0 Å². The molecule has 1 rings (SSSR count). The molecule has 1 N–H and O–H groups in total. The maximum atomic E-state index is 12.1. The smallest absolute Gasteiger partial charge is 0.309 e. The molecule has 0 aromatic rings. The van der Waals surface area contributed by atoms with Gasteiger partial charge in [-0.2, -0.15) is 0 Å². The number of hydrogen-bond donors (Lipinski definition) is 1. The molecule has 0 bridgehead atoms. The molecular weight excluding hydrogens is 254 g/mol. The molecule has 106 valence electrons. The van der Waals surface area contributed by atoms with Gasteiger partial charge in [0.2, 0.25) is 10.0 Å². The fourth-order valence-corrected chi connectivity index (χ4v) is 3.60. The van der Waals surface area contributed by atoms with Crippen LogP contribution in [0.2, 0.25) is 0 Å². The zero-order valence-electron chi connectivity index (χ0n) is 11.5. The van der Waals surface area contributed by atoms with Crippen molar-refractivity contribution >= 4 is 16.0 Å². The van der Waals surface area contributed by atoms with E-state index in [1.165, 1.54) is 4.31 Å². The van der Waals surface area contributed by atoms with Crippen LogP contribution in [-0.4, -0.2) is 42.1 Å². The van der Waals surface area contributed by atoms with Crippen LogP contribution in [-0.2, 0) is 14.8 Å². The van der Waals surface area contributed by atoms with Crippen molar-refractivity contribution in [2.75, 3.05) is 13.1 Å². The maximum Gasteiger partial charge on any atom is 0.309 e. The number of sulfonamides is 1. The summed E-state index contributed by atoms with van der Waals surface area (Å²) < 4.78 is 25.7. The SMILES string of the molecule is CC(C)S(=O)(=O)N1CCCC(C(C)(C)C(=O)O)C1. The number of rotatable bonds is 4. The van der Waals surface area contributed by atoms with Crippen LogP contribution in [0.1, 0.15) is 40.5 Å². The second kappa shape index (κ2) is 5.17. The van der Waals surface area contributed by atoms with Crippen molar-refractivity contribution in [1.29, 1.82) is 0 Å². The predicted octanol–water partition coefficient (Wildman–Crippen LogP) is 1.55. The van der Waals surface area contributed by atoms with Crippen LogP contribution in [0.15, 0.2) is 0 Å². The highest BCUT2D eigenvalue weighted by atomic mass is 32.2. The Balaban J connectivity index is 2.89. The molecule has 0 aromatic carbocycles. The summed E-state index contributed by atoms with van der Waals surface area (Å²) in [4.78, 5) is 11.2. The third kappa shape index (κ3) is 2.85. The Morgan fingerprint density at radius 3 is 2.39 bits per heavy atom. The van der Waals surface area contributed by atoms with Crippen LogP contribution in [0.4, 0.5) is 0 Å². The molecule has 0 aromatic heterocycles. The summed E-state index contributed by atoms with van der Waals surface area (Å²) in [6, 6.07) is 0. The first-order valence-electron chi connectivity index (χ1n) is 6.32. The molecule has 6 heteroatoms. The number of nitrogens with zero attached hydrogens (tertiary/aromatic N) is 1. The number of carbonyl (C=O) groups is 1. The molecule has 0 amide bonds. The van der Waals surface area contributed by atoms with Gasteiger partial charge in [0.1, 0.15) is 0 Å². The minimum absolute atomic E-state index is 0.128. The Labute approximate surface area is 109 Å². The van der Waals surface area contributed by atoms with Crippen molar-refractivity contribution in [2.45, 2.75) is 45.8 Å². The molecule has 1 aliphatic rings. The van der Waals surface area contributed by atoms with Gasteiger partial charge in [-0.25, -0.2) is 12.7 Å². The summed E-state index contributed by atoms with van der Waals surface area (Å²) in [6.45, 7) is 7.48. The second-order valence-corrected chi connectivity index (χ2v) is 8.31. The molecule has 1 unspecified atom stereocenters. The highest BCUT2D eigenvalue weighted by Crippen LogP contribution is 2.35. The Hall–Kier alpha value is -0.620. The minimum Gasteiger partial charge on any atom is -0.481 e. The second-order valence-electron chi connectivity index (χ2n) is 5.82.